The van der Waals surface area contributed by atoms with Gasteiger partial charge in [-0.3, -0.25) is 4.79 Å². The lowest BCUT2D eigenvalue weighted by atomic mass is 9.83. The van der Waals surface area contributed by atoms with Gasteiger partial charge >= 0.3 is 0 Å². The predicted molar refractivity (Wildman–Crippen MR) is 105 cm³/mol. The minimum atomic E-state index is -0.370. The van der Waals surface area contributed by atoms with E-state index in [0.29, 0.717) is 12.5 Å². The first-order valence-corrected chi connectivity index (χ1v) is 9.72. The van der Waals surface area contributed by atoms with E-state index in [4.69, 9.17) is 4.74 Å². The van der Waals surface area contributed by atoms with Gasteiger partial charge in [0.1, 0.15) is 11.3 Å². The number of carbonyl (C=O) groups excluding carboxylic acids is 1. The molecule has 4 nitrogen and oxygen atoms in total. The zero-order valence-corrected chi connectivity index (χ0v) is 16.7. The molecule has 2 fully saturated rings. The molecule has 2 aliphatic rings. The topological polar surface area (TPSA) is 41.6 Å². The zero-order valence-electron chi connectivity index (χ0n) is 16.7. The molecule has 0 spiro atoms. The van der Waals surface area contributed by atoms with Gasteiger partial charge in [0, 0.05) is 6.04 Å². The van der Waals surface area contributed by atoms with Crippen molar-refractivity contribution in [1.82, 2.24) is 10.2 Å². The number of ether oxygens (including phenoxy) is 1. The van der Waals surface area contributed by atoms with E-state index in [2.05, 4.69) is 49.7 Å². The molecule has 3 rings (SSSR count). The summed E-state index contributed by atoms with van der Waals surface area (Å²) in [5, 5.41) is 3.41. The largest absolute Gasteiger partial charge is 0.499 e. The van der Waals surface area contributed by atoms with Gasteiger partial charge in [0.05, 0.1) is 13.5 Å². The van der Waals surface area contributed by atoms with Crippen molar-refractivity contribution in [2.75, 3.05) is 20.2 Å². The second kappa shape index (κ2) is 7.43. The monoisotopic (exact) mass is 356 g/mol. The highest BCUT2D eigenvalue weighted by Crippen LogP contribution is 2.42. The molecule has 1 heterocycles. The van der Waals surface area contributed by atoms with Crippen LogP contribution in [0.5, 0.6) is 0 Å². The first kappa shape index (κ1) is 19.0. The average Bonchev–Trinajstić information content (AvgIpc) is 3.43. The van der Waals surface area contributed by atoms with Gasteiger partial charge in [-0.1, -0.05) is 24.3 Å². The number of nitrogens with zero attached hydrogens (tertiary/aromatic N) is 1. The maximum atomic E-state index is 13.5. The third-order valence-corrected chi connectivity index (χ3v) is 6.01. The maximum Gasteiger partial charge on any atom is 0.228 e. The third kappa shape index (κ3) is 3.52. The van der Waals surface area contributed by atoms with Crippen molar-refractivity contribution >= 4 is 5.91 Å². The van der Waals surface area contributed by atoms with Gasteiger partial charge in [-0.2, -0.15) is 0 Å². The Morgan fingerprint density at radius 1 is 1.23 bits per heavy atom. The zero-order chi connectivity index (χ0) is 18.9. The summed E-state index contributed by atoms with van der Waals surface area (Å²) in [5.74, 6) is 0.944. The Balaban J connectivity index is 1.92. The number of benzene rings is 1. The molecule has 0 aromatic heterocycles. The van der Waals surface area contributed by atoms with E-state index in [1.807, 2.05) is 0 Å². The van der Waals surface area contributed by atoms with E-state index in [-0.39, 0.29) is 11.4 Å². The van der Waals surface area contributed by atoms with Crippen LogP contribution in [0.4, 0.5) is 0 Å². The number of piperidine rings is 1. The fraction of sp³-hybridized carbons (Fsp3) is 0.591. The van der Waals surface area contributed by atoms with Crippen molar-refractivity contribution in [2.24, 2.45) is 0 Å². The minimum Gasteiger partial charge on any atom is -0.499 e. The molecular weight excluding hydrogens is 324 g/mol. The number of amides is 1. The molecule has 0 bridgehead atoms. The first-order valence-electron chi connectivity index (χ1n) is 9.72. The van der Waals surface area contributed by atoms with E-state index in [1.165, 1.54) is 22.3 Å². The van der Waals surface area contributed by atoms with Crippen molar-refractivity contribution in [2.45, 2.75) is 64.5 Å². The van der Waals surface area contributed by atoms with Crippen molar-refractivity contribution in [3.8, 4) is 0 Å². The van der Waals surface area contributed by atoms with Gasteiger partial charge in [-0.05, 0) is 76.2 Å². The third-order valence-electron chi connectivity index (χ3n) is 6.01. The van der Waals surface area contributed by atoms with Crippen LogP contribution in [-0.4, -0.2) is 42.6 Å². The molecule has 1 N–H and O–H groups in total. The van der Waals surface area contributed by atoms with Gasteiger partial charge < -0.3 is 15.0 Å². The molecule has 4 heteroatoms. The molecule has 1 amide bonds. The molecule has 1 aromatic carbocycles. The lowest BCUT2D eigenvalue weighted by Gasteiger charge is -2.47. The average molecular weight is 357 g/mol. The predicted octanol–water partition coefficient (Wildman–Crippen LogP) is 3.43. The van der Waals surface area contributed by atoms with Gasteiger partial charge in [0.15, 0.2) is 0 Å². The number of rotatable bonds is 6. The molecule has 1 saturated carbocycles. The molecule has 142 valence electrons. The van der Waals surface area contributed by atoms with Crippen LogP contribution in [-0.2, 0) is 16.0 Å². The number of aryl methyl sites for hydroxylation is 3. The highest BCUT2D eigenvalue weighted by atomic mass is 16.5. The lowest BCUT2D eigenvalue weighted by Crippen LogP contribution is -2.59. The standard InChI is InChI=1S/C22H32N2O2/c1-15-12-16(2)20(17(3)13-15)14-21(25)24(19-6-7-19)22(18(4)26-5)8-10-23-11-9-22/h12-13,19,23H,4,6-11,14H2,1-3,5H3. The van der Waals surface area contributed by atoms with Crippen LogP contribution in [0.25, 0.3) is 0 Å². The Kier molecular flexibility index (Phi) is 5.42. The lowest BCUT2D eigenvalue weighted by molar-refractivity contribution is -0.139. The molecular formula is C22H32N2O2. The Hall–Kier alpha value is -1.81. The van der Waals surface area contributed by atoms with Crippen LogP contribution < -0.4 is 5.32 Å². The second-order valence-corrected chi connectivity index (χ2v) is 7.96. The fourth-order valence-corrected chi connectivity index (χ4v) is 4.53. The van der Waals surface area contributed by atoms with E-state index >= 15 is 0 Å². The molecule has 1 aromatic rings. The van der Waals surface area contributed by atoms with Gasteiger partial charge in [-0.15, -0.1) is 0 Å². The van der Waals surface area contributed by atoms with Crippen LogP contribution in [0, 0.1) is 20.8 Å². The fourth-order valence-electron chi connectivity index (χ4n) is 4.53. The van der Waals surface area contributed by atoms with Crippen molar-refractivity contribution in [3.05, 3.63) is 46.7 Å². The normalized spacial score (nSPS) is 19.1. The summed E-state index contributed by atoms with van der Waals surface area (Å²) < 4.78 is 5.60. The van der Waals surface area contributed by atoms with Crippen LogP contribution in [0.3, 0.4) is 0 Å². The van der Waals surface area contributed by atoms with Gasteiger partial charge in [0.2, 0.25) is 5.91 Å². The highest BCUT2D eigenvalue weighted by Gasteiger charge is 2.49. The Labute approximate surface area is 157 Å². The molecule has 0 atom stereocenters. The van der Waals surface area contributed by atoms with E-state index in [9.17, 15) is 4.79 Å². The maximum absolute atomic E-state index is 13.5. The SMILES string of the molecule is C=C(OC)C1(N(C(=O)Cc2c(C)cc(C)cc2C)C2CC2)CCNCC1. The quantitative estimate of drug-likeness (QED) is 0.794. The number of hydrogen-bond donors (Lipinski definition) is 1. The number of carbonyl (C=O) groups is 1. The van der Waals surface area contributed by atoms with Crippen LogP contribution in [0.15, 0.2) is 24.5 Å². The van der Waals surface area contributed by atoms with Crippen molar-refractivity contribution in [3.63, 3.8) is 0 Å². The smallest absolute Gasteiger partial charge is 0.228 e. The number of methoxy groups -OCH3 is 1. The number of hydrogen-bond acceptors (Lipinski definition) is 3. The summed E-state index contributed by atoms with van der Waals surface area (Å²) in [4.78, 5) is 15.7. The summed E-state index contributed by atoms with van der Waals surface area (Å²) in [7, 11) is 1.68. The van der Waals surface area contributed by atoms with E-state index < -0.39 is 0 Å². The molecule has 0 unspecified atom stereocenters. The molecule has 1 saturated heterocycles. The molecule has 1 aliphatic heterocycles. The Morgan fingerprint density at radius 3 is 2.31 bits per heavy atom. The van der Waals surface area contributed by atoms with Crippen molar-refractivity contribution in [1.29, 1.82) is 0 Å². The van der Waals surface area contributed by atoms with E-state index in [1.54, 1.807) is 7.11 Å². The molecule has 0 radical (unpaired) electrons. The Bertz CT molecular complexity index is 677. The van der Waals surface area contributed by atoms with E-state index in [0.717, 1.165) is 44.5 Å². The molecule has 26 heavy (non-hydrogen) atoms. The summed E-state index contributed by atoms with van der Waals surface area (Å²) in [6.45, 7) is 12.3. The van der Waals surface area contributed by atoms with Crippen LogP contribution in [0.2, 0.25) is 0 Å². The van der Waals surface area contributed by atoms with Gasteiger partial charge in [-0.25, -0.2) is 0 Å². The Morgan fingerprint density at radius 2 is 1.81 bits per heavy atom. The van der Waals surface area contributed by atoms with Crippen LogP contribution in [0.1, 0.15) is 47.9 Å². The molecule has 1 aliphatic carbocycles. The van der Waals surface area contributed by atoms with Crippen LogP contribution >= 0.6 is 0 Å². The number of nitrogens with one attached hydrogen (secondary N) is 1. The first-order chi connectivity index (χ1) is 12.4. The summed E-state index contributed by atoms with van der Waals surface area (Å²) in [5.41, 5.74) is 4.45. The summed E-state index contributed by atoms with van der Waals surface area (Å²) in [6.07, 6.45) is 4.37. The minimum absolute atomic E-state index is 0.211. The summed E-state index contributed by atoms with van der Waals surface area (Å²) >= 11 is 0. The highest BCUT2D eigenvalue weighted by molar-refractivity contribution is 5.81. The second-order valence-electron chi connectivity index (χ2n) is 7.96. The van der Waals surface area contributed by atoms with Crippen molar-refractivity contribution < 1.29 is 9.53 Å². The summed E-state index contributed by atoms with van der Waals surface area (Å²) in [6, 6.07) is 4.68. The van der Waals surface area contributed by atoms with Gasteiger partial charge in [0.25, 0.3) is 0 Å².